The average Bonchev–Trinajstić information content (AvgIpc) is 1.48. The van der Waals surface area contributed by atoms with E-state index < -0.39 is 118 Å². The standard InChI is InChI=1S/C70H84F2N8O14/c1-39-16-15-17-40(2)67(88)76-58-49(62(85)55-56(63(58)86)61(84)44(6)65-57(55)66(87)70(8,94-65)92-35-24-54(91-9)41(3)64(93-45(7)81)43(5)60(83)42(4)59(39)82)38-73-80-33-29-78(30-34-80)26-25-77-27-31-79(32-28-77)53-23-22-47(71)37-51(53)74-69(90)52(36-46-18-11-10-12-19-46)75-68(89)48-20-13-14-21-50(48)72/h10-24,35,37-39,41-43,52,54,59-60,64,82-86H,25-34,36H2,1-9H3,(H,74,90)(H,75,89)(H,76,88)/b16-15+,35-24+,40-17-,73-38+/t39-,41+,42+,43+,52?,54-,59-,60+,64+,70-/m0/s1. The maximum Gasteiger partial charge on any atom is 0.312 e. The largest absolute Gasteiger partial charge is 0.507 e. The summed E-state index contributed by atoms with van der Waals surface area (Å²) in [6.07, 6.45) is 4.67. The number of aliphatic hydroxyl groups is 2. The van der Waals surface area contributed by atoms with Crippen LogP contribution in [0.1, 0.15) is 85.9 Å². The fourth-order valence-electron chi connectivity index (χ4n) is 12.6. The van der Waals surface area contributed by atoms with E-state index in [1.165, 1.54) is 89.8 Å². The third-order valence-corrected chi connectivity index (χ3v) is 18.4. The molecule has 5 aliphatic heterocycles. The molecule has 22 nitrogen and oxygen atoms in total. The van der Waals surface area contributed by atoms with E-state index in [9.17, 15) is 58.3 Å². The number of Topliss-reactive ketones (excluding diaryl/α,β-unsaturated/α-hetero) is 1. The van der Waals surface area contributed by atoms with Gasteiger partial charge in [0, 0.05) is 133 Å². The van der Waals surface area contributed by atoms with Crippen molar-refractivity contribution in [1.29, 1.82) is 0 Å². The molecule has 94 heavy (non-hydrogen) atoms. The second-order valence-corrected chi connectivity index (χ2v) is 24.8. The molecule has 5 aromatic carbocycles. The molecule has 5 heterocycles. The minimum atomic E-state index is -2.12. The Balaban J connectivity index is 0.905. The zero-order valence-corrected chi connectivity index (χ0v) is 54.3. The number of phenolic OH excluding ortho intramolecular Hbond substituents is 3. The number of esters is 1. The summed E-state index contributed by atoms with van der Waals surface area (Å²) in [4.78, 5) is 75.4. The van der Waals surface area contributed by atoms with Crippen LogP contribution < -0.4 is 25.6 Å². The van der Waals surface area contributed by atoms with Crippen LogP contribution in [0.3, 0.4) is 0 Å². The van der Waals surface area contributed by atoms with Crippen LogP contribution in [0, 0.1) is 42.2 Å². The summed E-state index contributed by atoms with van der Waals surface area (Å²) in [6.45, 7) is 18.3. The van der Waals surface area contributed by atoms with Crippen LogP contribution >= 0.6 is 0 Å². The number of phenols is 3. The minimum Gasteiger partial charge on any atom is -0.507 e. The predicted molar refractivity (Wildman–Crippen MR) is 351 cm³/mol. The van der Waals surface area contributed by atoms with Gasteiger partial charge in [-0.3, -0.25) is 38.8 Å². The van der Waals surface area contributed by atoms with Crippen LogP contribution in [0.2, 0.25) is 0 Å². The number of hydrogen-bond donors (Lipinski definition) is 8. The third kappa shape index (κ3) is 15.3. The van der Waals surface area contributed by atoms with Crippen molar-refractivity contribution in [3.8, 4) is 23.0 Å². The zero-order chi connectivity index (χ0) is 67.9. The van der Waals surface area contributed by atoms with Crippen molar-refractivity contribution in [2.75, 3.05) is 88.1 Å². The number of allylic oxidation sites excluding steroid dienone is 2. The third-order valence-electron chi connectivity index (χ3n) is 18.4. The molecule has 0 radical (unpaired) electrons. The molecule has 24 heteroatoms. The number of anilines is 3. The molecule has 5 bridgehead atoms. The Labute approximate surface area is 545 Å². The van der Waals surface area contributed by atoms with E-state index in [-0.39, 0.29) is 62.1 Å². The molecule has 0 aromatic heterocycles. The second-order valence-electron chi connectivity index (χ2n) is 24.8. The quantitative estimate of drug-likeness (QED) is 0.0228. The van der Waals surface area contributed by atoms with Gasteiger partial charge in [0.15, 0.2) is 5.75 Å². The molecule has 2 saturated heterocycles. The molecule has 0 aliphatic carbocycles. The summed E-state index contributed by atoms with van der Waals surface area (Å²) in [5.41, 5.74) is 0.749. The van der Waals surface area contributed by atoms with Crippen LogP contribution in [0.25, 0.3) is 10.8 Å². The summed E-state index contributed by atoms with van der Waals surface area (Å²) < 4.78 is 53.5. The number of halogens is 2. The van der Waals surface area contributed by atoms with Gasteiger partial charge >= 0.3 is 11.8 Å². The van der Waals surface area contributed by atoms with Crippen molar-refractivity contribution in [3.05, 3.63) is 148 Å². The van der Waals surface area contributed by atoms with Gasteiger partial charge in [-0.2, -0.15) is 5.10 Å². The van der Waals surface area contributed by atoms with E-state index in [2.05, 4.69) is 30.7 Å². The Hall–Kier alpha value is -8.94. The van der Waals surface area contributed by atoms with Crippen LogP contribution in [-0.2, 0) is 35.0 Å². The molecule has 502 valence electrons. The molecule has 2 fully saturated rings. The lowest BCUT2D eigenvalue weighted by atomic mass is 9.78. The highest BCUT2D eigenvalue weighted by Gasteiger charge is 2.50. The van der Waals surface area contributed by atoms with Gasteiger partial charge in [-0.05, 0) is 55.8 Å². The highest BCUT2D eigenvalue weighted by Crippen LogP contribution is 2.55. The molecule has 0 spiro atoms. The lowest BCUT2D eigenvalue weighted by Crippen LogP contribution is -2.51. The number of piperazine rings is 2. The van der Waals surface area contributed by atoms with Gasteiger partial charge in [-0.1, -0.05) is 88.4 Å². The van der Waals surface area contributed by atoms with E-state index >= 15 is 0 Å². The molecule has 0 saturated carbocycles. The van der Waals surface area contributed by atoms with Gasteiger partial charge < -0.3 is 65.3 Å². The molecule has 5 aromatic rings. The number of nitrogens with zero attached hydrogens (tertiary/aromatic N) is 5. The number of aliphatic hydroxyl groups excluding tert-OH is 2. The van der Waals surface area contributed by atoms with Crippen molar-refractivity contribution >= 4 is 63.5 Å². The van der Waals surface area contributed by atoms with Crippen LogP contribution in [0.15, 0.2) is 114 Å². The number of carbonyl (C=O) groups is 5. The number of ether oxygens (including phenoxy) is 4. The number of benzene rings is 5. The van der Waals surface area contributed by atoms with E-state index in [0.717, 1.165) is 18.2 Å². The maximum atomic E-state index is 14.9. The number of carbonyl (C=O) groups excluding carboxylic acids is 5. The molecule has 1 unspecified atom stereocenters. The zero-order valence-electron chi connectivity index (χ0n) is 54.3. The van der Waals surface area contributed by atoms with E-state index in [4.69, 9.17) is 24.0 Å². The number of aromatic hydroxyl groups is 3. The van der Waals surface area contributed by atoms with Crippen molar-refractivity contribution in [3.63, 3.8) is 0 Å². The average molecular weight is 1300 g/mol. The monoisotopic (exact) mass is 1300 g/mol. The first-order chi connectivity index (χ1) is 44.8. The fourth-order valence-corrected chi connectivity index (χ4v) is 12.6. The first-order valence-corrected chi connectivity index (χ1v) is 31.6. The van der Waals surface area contributed by atoms with Crippen molar-refractivity contribution in [1.82, 2.24) is 20.1 Å². The van der Waals surface area contributed by atoms with Crippen LogP contribution in [0.5, 0.6) is 23.0 Å². The molecule has 10 rings (SSSR count). The summed E-state index contributed by atoms with van der Waals surface area (Å²) in [5, 5.41) is 73.9. The topological polar surface area (TPSA) is 285 Å². The van der Waals surface area contributed by atoms with Crippen LogP contribution in [-0.4, -0.2) is 185 Å². The Morgan fingerprint density at radius 1 is 0.819 bits per heavy atom. The normalized spacial score (nSPS) is 25.9. The second kappa shape index (κ2) is 30.0. The van der Waals surface area contributed by atoms with Crippen molar-refractivity contribution in [2.45, 2.75) is 98.1 Å². The minimum absolute atomic E-state index is 0.0129. The van der Waals surface area contributed by atoms with Gasteiger partial charge in [-0.15, -0.1) is 0 Å². The molecule has 10 atom stereocenters. The number of ketones is 1. The summed E-state index contributed by atoms with van der Waals surface area (Å²) >= 11 is 0. The smallest absolute Gasteiger partial charge is 0.312 e. The number of hydrazone groups is 1. The van der Waals surface area contributed by atoms with Gasteiger partial charge in [-0.25, -0.2) is 8.78 Å². The number of amides is 3. The SMILES string of the molecule is CO[C@H]1/C=C/O[C@@]2(C)Oc3c(C)c(O)c4c(O)c(c(/C=N/N5CCN(CCN6CCN(c7ccc(F)cc7NC(=O)C(Cc7ccccc7)NC(=O)c7ccccc7F)CC6)CC5)c(O)c4c3C2=O)NC(=O)/C(C)=C\C=C\[C@H](C)[C@H](O)[C@@H](C)[C@@H](O)[C@@H](C)[C@H](OC(C)=O)[C@@H]1C. The summed E-state index contributed by atoms with van der Waals surface area (Å²) in [6, 6.07) is 17.6. The Morgan fingerprint density at radius 3 is 2.14 bits per heavy atom. The highest BCUT2D eigenvalue weighted by atomic mass is 19.1. The van der Waals surface area contributed by atoms with E-state index in [1.807, 2.05) is 18.2 Å². The Morgan fingerprint density at radius 2 is 1.48 bits per heavy atom. The number of rotatable bonds is 14. The lowest BCUT2D eigenvalue weighted by Gasteiger charge is -2.39. The fraction of sp³-hybridized carbons (Fsp3) is 0.429. The first kappa shape index (κ1) is 69.4. The molecule has 3 amide bonds. The van der Waals surface area contributed by atoms with Gasteiger partial charge in [0.2, 0.25) is 5.91 Å². The lowest BCUT2D eigenvalue weighted by molar-refractivity contribution is -0.160. The predicted octanol–water partition coefficient (Wildman–Crippen LogP) is 7.79. The Bertz CT molecular complexity index is 3760. The van der Waals surface area contributed by atoms with Gasteiger partial charge in [0.1, 0.15) is 41.0 Å². The number of nitrogens with one attached hydrogen (secondary N) is 3. The maximum absolute atomic E-state index is 14.9. The molecular formula is C70H84F2N8O14. The number of fused-ring (bicyclic) bond motifs is 14. The molecule has 5 aliphatic rings. The summed E-state index contributed by atoms with van der Waals surface area (Å²) in [7, 11) is 1.42. The Kier molecular flexibility index (Phi) is 22.1. The van der Waals surface area contributed by atoms with Crippen molar-refractivity contribution < 1.29 is 77.2 Å². The van der Waals surface area contributed by atoms with Gasteiger partial charge in [0.05, 0.1) is 69.9 Å². The van der Waals surface area contributed by atoms with Crippen molar-refractivity contribution in [2.24, 2.45) is 28.8 Å². The molecule has 8 N–H and O–H groups in total. The summed E-state index contributed by atoms with van der Waals surface area (Å²) in [5.74, 6) is -11.6. The van der Waals surface area contributed by atoms with E-state index in [1.54, 1.807) is 63.1 Å². The number of hydrogen-bond acceptors (Lipinski definition) is 19. The van der Waals surface area contributed by atoms with E-state index in [0.29, 0.717) is 64.6 Å². The number of methoxy groups -OCH3 is 1. The first-order valence-electron chi connectivity index (χ1n) is 31.6. The molecular weight excluding hydrogens is 1210 g/mol. The highest BCUT2D eigenvalue weighted by molar-refractivity contribution is 6.24. The van der Waals surface area contributed by atoms with Crippen LogP contribution in [0.4, 0.5) is 25.8 Å². The van der Waals surface area contributed by atoms with Gasteiger partial charge in [0.25, 0.3) is 17.6 Å².